The normalized spacial score (nSPS) is 17.5. The minimum absolute atomic E-state index is 0.148. The molecule has 1 saturated carbocycles. The largest absolute Gasteiger partial charge is 0.395 e. The molecule has 1 aliphatic rings. The fourth-order valence-corrected chi connectivity index (χ4v) is 2.51. The Kier molecular flexibility index (Phi) is 5.34. The van der Waals surface area contributed by atoms with Crippen molar-refractivity contribution in [3.63, 3.8) is 0 Å². The summed E-state index contributed by atoms with van der Waals surface area (Å²) in [5, 5.41) is 19.4. The molecule has 1 unspecified atom stereocenters. The van der Waals surface area contributed by atoms with Crippen molar-refractivity contribution < 1.29 is 10.2 Å². The highest BCUT2D eigenvalue weighted by Crippen LogP contribution is 2.26. The van der Waals surface area contributed by atoms with E-state index in [1.165, 1.54) is 19.3 Å². The van der Waals surface area contributed by atoms with Gasteiger partial charge in [0.25, 0.3) is 0 Å². The maximum Gasteiger partial charge on any atom is 0.0917 e. The monoisotopic (exact) mass is 264 g/mol. The lowest BCUT2D eigenvalue weighted by Gasteiger charge is -2.38. The highest BCUT2D eigenvalue weighted by molar-refractivity contribution is 5.24. The summed E-state index contributed by atoms with van der Waals surface area (Å²) < 4.78 is 0. The van der Waals surface area contributed by atoms with Crippen LogP contribution in [-0.4, -0.2) is 40.9 Å². The van der Waals surface area contributed by atoms with E-state index in [2.05, 4.69) is 4.90 Å². The standard InChI is InChI=1S/C15H24N2O2/c16-10-12-4-6-13(7-5-12)15(19)11-17(8-9-18)14-2-1-3-14/h4-7,14-15,18-19H,1-3,8-11,16H2. The lowest BCUT2D eigenvalue weighted by molar-refractivity contribution is 0.0460. The Bertz CT molecular complexity index is 376. The molecule has 2 rings (SSSR count). The lowest BCUT2D eigenvalue weighted by Crippen LogP contribution is -2.43. The first-order chi connectivity index (χ1) is 9.24. The third-order valence-electron chi connectivity index (χ3n) is 3.99. The van der Waals surface area contributed by atoms with Crippen molar-refractivity contribution in [2.75, 3.05) is 19.7 Å². The Morgan fingerprint density at radius 2 is 1.95 bits per heavy atom. The van der Waals surface area contributed by atoms with Crippen LogP contribution in [0.15, 0.2) is 24.3 Å². The molecule has 1 fully saturated rings. The zero-order valence-electron chi connectivity index (χ0n) is 11.3. The molecule has 1 aromatic carbocycles. The number of benzene rings is 1. The van der Waals surface area contributed by atoms with Crippen LogP contribution in [-0.2, 0) is 6.54 Å². The average Bonchev–Trinajstić information content (AvgIpc) is 2.37. The molecule has 4 heteroatoms. The van der Waals surface area contributed by atoms with E-state index >= 15 is 0 Å². The molecule has 1 aromatic rings. The summed E-state index contributed by atoms with van der Waals surface area (Å²) in [6.07, 6.45) is 3.12. The van der Waals surface area contributed by atoms with Gasteiger partial charge in [-0.1, -0.05) is 30.7 Å². The fraction of sp³-hybridized carbons (Fsp3) is 0.600. The molecule has 19 heavy (non-hydrogen) atoms. The van der Waals surface area contributed by atoms with Gasteiger partial charge in [-0.25, -0.2) is 0 Å². The Labute approximate surface area is 114 Å². The van der Waals surface area contributed by atoms with Crippen LogP contribution in [0.25, 0.3) is 0 Å². The predicted octanol–water partition coefficient (Wildman–Crippen LogP) is 1.03. The molecular weight excluding hydrogens is 240 g/mol. The molecule has 4 nitrogen and oxygen atoms in total. The Morgan fingerprint density at radius 1 is 1.26 bits per heavy atom. The van der Waals surface area contributed by atoms with Gasteiger partial charge in [0.2, 0.25) is 0 Å². The molecule has 1 atom stereocenters. The minimum atomic E-state index is -0.501. The summed E-state index contributed by atoms with van der Waals surface area (Å²) in [5.74, 6) is 0. The van der Waals surface area contributed by atoms with Gasteiger partial charge in [0, 0.05) is 25.7 Å². The second kappa shape index (κ2) is 7.01. The highest BCUT2D eigenvalue weighted by Gasteiger charge is 2.26. The van der Waals surface area contributed by atoms with Gasteiger partial charge in [0.05, 0.1) is 12.7 Å². The quantitative estimate of drug-likeness (QED) is 0.688. The second-order valence-corrected chi connectivity index (χ2v) is 5.26. The van der Waals surface area contributed by atoms with Crippen molar-refractivity contribution in [1.29, 1.82) is 0 Å². The van der Waals surface area contributed by atoms with Gasteiger partial charge in [-0.05, 0) is 24.0 Å². The molecule has 4 N–H and O–H groups in total. The number of hydrogen-bond acceptors (Lipinski definition) is 4. The van der Waals surface area contributed by atoms with Gasteiger partial charge in [-0.15, -0.1) is 0 Å². The Balaban J connectivity index is 1.94. The number of aliphatic hydroxyl groups excluding tert-OH is 2. The van der Waals surface area contributed by atoms with Gasteiger partial charge >= 0.3 is 0 Å². The Morgan fingerprint density at radius 3 is 2.42 bits per heavy atom. The zero-order valence-corrected chi connectivity index (χ0v) is 11.3. The van der Waals surface area contributed by atoms with E-state index in [-0.39, 0.29) is 6.61 Å². The van der Waals surface area contributed by atoms with Crippen LogP contribution in [0.4, 0.5) is 0 Å². The maximum atomic E-state index is 10.3. The van der Waals surface area contributed by atoms with Gasteiger partial charge in [0.1, 0.15) is 0 Å². The summed E-state index contributed by atoms with van der Waals surface area (Å²) in [4.78, 5) is 2.20. The first-order valence-corrected chi connectivity index (χ1v) is 7.06. The summed E-state index contributed by atoms with van der Waals surface area (Å²) in [6, 6.07) is 8.32. The first kappa shape index (κ1) is 14.5. The van der Waals surface area contributed by atoms with E-state index < -0.39 is 6.10 Å². The molecule has 0 amide bonds. The highest BCUT2D eigenvalue weighted by atomic mass is 16.3. The summed E-state index contributed by atoms with van der Waals surface area (Å²) >= 11 is 0. The van der Waals surface area contributed by atoms with Crippen LogP contribution in [0.3, 0.4) is 0 Å². The van der Waals surface area contributed by atoms with Crippen molar-refractivity contribution >= 4 is 0 Å². The molecule has 0 heterocycles. The number of hydrogen-bond donors (Lipinski definition) is 3. The minimum Gasteiger partial charge on any atom is -0.395 e. The molecule has 0 aromatic heterocycles. The molecule has 0 bridgehead atoms. The van der Waals surface area contributed by atoms with E-state index in [0.29, 0.717) is 25.7 Å². The molecule has 1 aliphatic carbocycles. The van der Waals surface area contributed by atoms with E-state index in [1.54, 1.807) is 0 Å². The summed E-state index contributed by atoms with van der Waals surface area (Å²) in [5.41, 5.74) is 7.55. The lowest BCUT2D eigenvalue weighted by atomic mass is 9.91. The average molecular weight is 264 g/mol. The van der Waals surface area contributed by atoms with Crippen molar-refractivity contribution in [3.05, 3.63) is 35.4 Å². The third-order valence-corrected chi connectivity index (χ3v) is 3.99. The molecule has 0 radical (unpaired) electrons. The molecule has 0 aliphatic heterocycles. The summed E-state index contributed by atoms with van der Waals surface area (Å²) in [7, 11) is 0. The van der Waals surface area contributed by atoms with Crippen molar-refractivity contribution in [3.8, 4) is 0 Å². The van der Waals surface area contributed by atoms with Crippen molar-refractivity contribution in [2.45, 2.75) is 38.0 Å². The number of nitrogens with two attached hydrogens (primary N) is 1. The fourth-order valence-electron chi connectivity index (χ4n) is 2.51. The molecule has 0 spiro atoms. The number of rotatable bonds is 7. The zero-order chi connectivity index (χ0) is 13.7. The van der Waals surface area contributed by atoms with Crippen LogP contribution in [0, 0.1) is 0 Å². The summed E-state index contributed by atoms with van der Waals surface area (Å²) in [6.45, 7) is 1.90. The topological polar surface area (TPSA) is 69.7 Å². The smallest absolute Gasteiger partial charge is 0.0917 e. The van der Waals surface area contributed by atoms with Crippen molar-refractivity contribution in [1.82, 2.24) is 4.90 Å². The third kappa shape index (κ3) is 3.76. The van der Waals surface area contributed by atoms with E-state index in [0.717, 1.165) is 11.1 Å². The van der Waals surface area contributed by atoms with Gasteiger partial charge in [0.15, 0.2) is 0 Å². The van der Waals surface area contributed by atoms with E-state index in [1.807, 2.05) is 24.3 Å². The Hall–Kier alpha value is -0.940. The maximum absolute atomic E-state index is 10.3. The predicted molar refractivity (Wildman–Crippen MR) is 75.6 cm³/mol. The van der Waals surface area contributed by atoms with Crippen LogP contribution in [0.1, 0.15) is 36.5 Å². The number of aliphatic hydroxyl groups is 2. The van der Waals surface area contributed by atoms with Crippen LogP contribution >= 0.6 is 0 Å². The van der Waals surface area contributed by atoms with Crippen LogP contribution in [0.5, 0.6) is 0 Å². The van der Waals surface area contributed by atoms with Gasteiger partial charge < -0.3 is 15.9 Å². The van der Waals surface area contributed by atoms with E-state index in [9.17, 15) is 5.11 Å². The van der Waals surface area contributed by atoms with Crippen LogP contribution in [0.2, 0.25) is 0 Å². The molecule has 106 valence electrons. The molecule has 0 saturated heterocycles. The van der Waals surface area contributed by atoms with Gasteiger partial charge in [-0.3, -0.25) is 4.90 Å². The first-order valence-electron chi connectivity index (χ1n) is 7.06. The molecular formula is C15H24N2O2. The van der Waals surface area contributed by atoms with E-state index in [4.69, 9.17) is 10.8 Å². The number of nitrogens with zero attached hydrogens (tertiary/aromatic N) is 1. The van der Waals surface area contributed by atoms with Crippen LogP contribution < -0.4 is 5.73 Å². The van der Waals surface area contributed by atoms with Crippen molar-refractivity contribution in [2.24, 2.45) is 5.73 Å². The SMILES string of the molecule is NCc1ccc(C(O)CN(CCO)C2CCC2)cc1. The second-order valence-electron chi connectivity index (χ2n) is 5.26. The van der Waals surface area contributed by atoms with Gasteiger partial charge in [-0.2, -0.15) is 0 Å².